The molecule has 0 amide bonds. The number of ether oxygens (including phenoxy) is 6. The van der Waals surface area contributed by atoms with Crippen LogP contribution in [0.2, 0.25) is 0 Å². The number of carboxylic acid groups (broad SMARTS) is 3. The van der Waals surface area contributed by atoms with Gasteiger partial charge >= 0.3 is 24.1 Å². The van der Waals surface area contributed by atoms with Crippen molar-refractivity contribution in [2.24, 2.45) is 0 Å². The van der Waals surface area contributed by atoms with Crippen LogP contribution in [-0.2, 0) is 36.2 Å². The van der Waals surface area contributed by atoms with Crippen molar-refractivity contribution in [1.29, 1.82) is 0 Å². The average Bonchev–Trinajstić information content (AvgIpc) is 2.05. The van der Waals surface area contributed by atoms with E-state index in [1.165, 1.54) is 91.0 Å². The van der Waals surface area contributed by atoms with Crippen LogP contribution in [0.25, 0.3) is 0 Å². The average molecular weight is 1280 g/mol. The Kier molecular flexibility index (Phi) is 23.9. The maximum atomic E-state index is 13.1. The lowest BCUT2D eigenvalue weighted by Crippen LogP contribution is -2.18. The fourth-order valence-corrected chi connectivity index (χ4v) is 10.1. The second-order valence-corrected chi connectivity index (χ2v) is 23.2. The molecule has 0 aromatic heterocycles. The van der Waals surface area contributed by atoms with Crippen molar-refractivity contribution in [2.75, 3.05) is 59.6 Å². The van der Waals surface area contributed by atoms with E-state index in [9.17, 15) is 57.2 Å². The van der Waals surface area contributed by atoms with Gasteiger partial charge in [0.2, 0.25) is 10.0 Å². The van der Waals surface area contributed by atoms with Crippen LogP contribution in [0.15, 0.2) is 204 Å². The smallest absolute Gasteiger partial charge is 0.417 e. The minimum Gasteiger partial charge on any atom is -0.490 e. The number of carbonyl (C=O) groups is 3. The summed E-state index contributed by atoms with van der Waals surface area (Å²) in [7, 11) is -11.6. The highest BCUT2D eigenvalue weighted by Gasteiger charge is 2.37. The van der Waals surface area contributed by atoms with Gasteiger partial charge in [0, 0.05) is 17.1 Å². The van der Waals surface area contributed by atoms with E-state index in [4.69, 9.17) is 43.7 Å². The number of hydrogen-bond acceptors (Lipinski definition) is 15. The molecule has 21 nitrogen and oxygen atoms in total. The molecule has 0 aliphatic carbocycles. The Bertz CT molecular complexity index is 3920. The molecule has 0 bridgehead atoms. The van der Waals surface area contributed by atoms with Crippen molar-refractivity contribution in [1.82, 2.24) is 0 Å². The SMILES string of the molecule is CCS(=O)(=O)Nc1ccc(OCCOc2ccc(C(=O)O)cc2)cc1.O=C(O)c1ccc(OCCOc2ccc(NS(=O)(=O)c3ccc(F)cc3)cc2)cc1.O=C(O)c1ccc(OCCOc2ccc(NS(=O)(=O)c3ccccc3C(F)(F)F)cc2)cc1. The molecule has 8 aromatic rings. The molecule has 0 aliphatic heterocycles. The minimum atomic E-state index is -4.82. The summed E-state index contributed by atoms with van der Waals surface area (Å²) in [5.41, 5.74) is 0.127. The largest absolute Gasteiger partial charge is 0.490 e. The maximum absolute atomic E-state index is 13.1. The molecule has 0 aliphatic rings. The van der Waals surface area contributed by atoms with E-state index in [0.29, 0.717) is 58.5 Å². The predicted molar refractivity (Wildman–Crippen MR) is 315 cm³/mol. The quantitative estimate of drug-likeness (QED) is 0.0206. The van der Waals surface area contributed by atoms with Gasteiger partial charge in [0.15, 0.2) is 0 Å². The molecule has 0 radical (unpaired) electrons. The Morgan fingerprint density at radius 2 is 0.682 bits per heavy atom. The van der Waals surface area contributed by atoms with Gasteiger partial charge in [-0.05, 0) is 189 Å². The molecule has 0 unspecified atom stereocenters. The Balaban J connectivity index is 0.000000213. The van der Waals surface area contributed by atoms with Crippen LogP contribution < -0.4 is 42.6 Å². The summed E-state index contributed by atoms with van der Waals surface area (Å²) in [6.45, 7) is 2.93. The van der Waals surface area contributed by atoms with E-state index in [2.05, 4.69) is 14.2 Å². The highest BCUT2D eigenvalue weighted by Crippen LogP contribution is 2.35. The van der Waals surface area contributed by atoms with Crippen LogP contribution in [0.1, 0.15) is 43.6 Å². The summed E-state index contributed by atoms with van der Waals surface area (Å²) in [5, 5.41) is 26.5. The number of nitrogens with one attached hydrogen (secondary N) is 3. The van der Waals surface area contributed by atoms with Crippen molar-refractivity contribution >= 4 is 65.0 Å². The number of sulfonamides is 3. The summed E-state index contributed by atoms with van der Waals surface area (Å²) in [6, 6.07) is 44.9. The molecule has 8 rings (SSSR count). The van der Waals surface area contributed by atoms with Gasteiger partial charge in [-0.3, -0.25) is 14.2 Å². The monoisotopic (exact) mass is 1280 g/mol. The van der Waals surface area contributed by atoms with Crippen molar-refractivity contribution in [3.8, 4) is 34.5 Å². The Morgan fingerprint density at radius 3 is 0.977 bits per heavy atom. The van der Waals surface area contributed by atoms with E-state index < -0.39 is 70.4 Å². The van der Waals surface area contributed by atoms with Crippen LogP contribution in [0.3, 0.4) is 0 Å². The predicted octanol–water partition coefficient (Wildman–Crippen LogP) is 11.0. The topological polar surface area (TPSA) is 306 Å². The van der Waals surface area contributed by atoms with E-state index in [0.717, 1.165) is 24.3 Å². The fraction of sp³-hybridized carbons (Fsp3) is 0.150. The van der Waals surface area contributed by atoms with Gasteiger partial charge < -0.3 is 43.7 Å². The zero-order chi connectivity index (χ0) is 63.9. The summed E-state index contributed by atoms with van der Waals surface area (Å²) in [6.07, 6.45) is -4.82. The number of rotatable bonds is 27. The third-order valence-corrected chi connectivity index (χ3v) is 15.6. The summed E-state index contributed by atoms with van der Waals surface area (Å²) in [4.78, 5) is 31.5. The highest BCUT2D eigenvalue weighted by atomic mass is 32.2. The number of benzene rings is 8. The van der Waals surface area contributed by atoms with Crippen molar-refractivity contribution in [3.05, 3.63) is 222 Å². The van der Waals surface area contributed by atoms with Crippen LogP contribution in [-0.4, -0.2) is 104 Å². The Hall–Kier alpha value is -10.1. The number of alkyl halides is 3. The second-order valence-electron chi connectivity index (χ2n) is 17.8. The lowest BCUT2D eigenvalue weighted by Gasteiger charge is -2.14. The van der Waals surface area contributed by atoms with Gasteiger partial charge in [0.1, 0.15) is 80.0 Å². The number of carboxylic acids is 3. The molecular weight excluding hydrogens is 1220 g/mol. The van der Waals surface area contributed by atoms with Gasteiger partial charge in [0.25, 0.3) is 20.0 Å². The molecule has 0 fully saturated rings. The molecule has 0 heterocycles. The molecule has 28 heteroatoms. The van der Waals surface area contributed by atoms with Crippen LogP contribution >= 0.6 is 0 Å². The van der Waals surface area contributed by atoms with E-state index in [-0.39, 0.29) is 66.1 Å². The molecular formula is C60H55F4N3O18S3. The first kappa shape index (κ1) is 67.1. The lowest BCUT2D eigenvalue weighted by molar-refractivity contribution is -0.139. The number of hydrogen-bond donors (Lipinski definition) is 6. The van der Waals surface area contributed by atoms with E-state index in [1.54, 1.807) is 79.7 Å². The molecule has 0 spiro atoms. The molecule has 8 aromatic carbocycles. The number of anilines is 3. The molecule has 0 saturated heterocycles. The highest BCUT2D eigenvalue weighted by molar-refractivity contribution is 7.93. The van der Waals surface area contributed by atoms with Gasteiger partial charge in [-0.2, -0.15) is 13.2 Å². The molecule has 464 valence electrons. The number of aromatic carboxylic acids is 3. The van der Waals surface area contributed by atoms with Crippen molar-refractivity contribution in [2.45, 2.75) is 22.9 Å². The molecule has 0 saturated carbocycles. The fourth-order valence-electron chi connectivity index (χ4n) is 7.12. The normalized spacial score (nSPS) is 11.2. The molecule has 0 atom stereocenters. The Morgan fingerprint density at radius 1 is 0.398 bits per heavy atom. The summed E-state index contributed by atoms with van der Waals surface area (Å²) in [5.74, 6) is -0.507. The zero-order valence-corrected chi connectivity index (χ0v) is 48.6. The Labute approximate surface area is 502 Å². The van der Waals surface area contributed by atoms with Gasteiger partial charge in [0.05, 0.1) is 37.8 Å². The lowest BCUT2D eigenvalue weighted by atomic mass is 10.2. The summed E-state index contributed by atoms with van der Waals surface area (Å²) < 4.78 is 165. The molecule has 6 N–H and O–H groups in total. The molecule has 88 heavy (non-hydrogen) atoms. The third kappa shape index (κ3) is 21.8. The van der Waals surface area contributed by atoms with Crippen LogP contribution in [0.4, 0.5) is 34.6 Å². The van der Waals surface area contributed by atoms with Gasteiger partial charge in [-0.25, -0.2) is 44.0 Å². The van der Waals surface area contributed by atoms with Crippen molar-refractivity contribution in [3.63, 3.8) is 0 Å². The first-order chi connectivity index (χ1) is 41.8. The first-order valence-corrected chi connectivity index (χ1v) is 30.5. The third-order valence-electron chi connectivity index (χ3n) is 11.5. The van der Waals surface area contributed by atoms with Crippen LogP contribution in [0, 0.1) is 5.82 Å². The van der Waals surface area contributed by atoms with Gasteiger partial charge in [-0.1, -0.05) is 12.1 Å². The van der Waals surface area contributed by atoms with Gasteiger partial charge in [-0.15, -0.1) is 0 Å². The standard InChI is InChI=1S/C22H18F3NO6S.C21H18FNO6S.C17H19NO6S/c23-22(24,25)19-3-1-2-4-20(19)33(29,30)26-16-7-11-18(12-8-16)32-14-13-31-17-9-5-15(6-10-17)21(27)28;22-16-3-11-20(12-4-16)30(26,27)23-17-5-9-19(10-6-17)29-14-13-28-18-7-1-15(2-8-18)21(24)25;1-2-25(21,22)18-14-5-9-16(10-6-14)24-12-11-23-15-7-3-13(4-8-15)17(19)20/h1-12,26H,13-14H2,(H,27,28);1-12,23H,13-14H2,(H,24,25);3-10,18H,2,11-12H2,1H3,(H,19,20). The minimum absolute atomic E-state index is 0.00995. The number of halogens is 4. The second kappa shape index (κ2) is 31.4. The maximum Gasteiger partial charge on any atom is 0.417 e. The van der Waals surface area contributed by atoms with Crippen molar-refractivity contribution < 1.29 is 101 Å². The van der Waals surface area contributed by atoms with Crippen LogP contribution in [0.5, 0.6) is 34.5 Å². The zero-order valence-electron chi connectivity index (χ0n) is 46.1. The first-order valence-electron chi connectivity index (χ1n) is 25.8. The van der Waals surface area contributed by atoms with E-state index in [1.807, 2.05) is 0 Å². The van der Waals surface area contributed by atoms with E-state index >= 15 is 0 Å². The summed E-state index contributed by atoms with van der Waals surface area (Å²) >= 11 is 0.